The first-order valence-electron chi connectivity index (χ1n) is 5.00. The number of nitrogens with zero attached hydrogens (tertiary/aromatic N) is 2. The number of para-hydroxylation sites is 1. The Labute approximate surface area is 107 Å². The lowest BCUT2D eigenvalue weighted by Crippen LogP contribution is -1.97. The fourth-order valence-electron chi connectivity index (χ4n) is 1.24. The van der Waals surface area contributed by atoms with E-state index in [1.54, 1.807) is 24.3 Å². The van der Waals surface area contributed by atoms with Crippen LogP contribution < -0.4 is 5.43 Å². The second kappa shape index (κ2) is 5.45. The van der Waals surface area contributed by atoms with Crippen molar-refractivity contribution in [3.05, 3.63) is 64.3 Å². The van der Waals surface area contributed by atoms with Crippen molar-refractivity contribution in [3.8, 4) is 0 Å². The third kappa shape index (κ3) is 3.29. The molecule has 2 aromatic rings. The SMILES string of the molecule is [O-][N+](=NNc1ccc(Br)cc1)c1ccccc1. The highest BCUT2D eigenvalue weighted by Gasteiger charge is 1.98. The van der Waals surface area contributed by atoms with Crippen LogP contribution in [0, 0.1) is 5.21 Å². The summed E-state index contributed by atoms with van der Waals surface area (Å²) in [5, 5.41) is 15.3. The summed E-state index contributed by atoms with van der Waals surface area (Å²) >= 11 is 3.33. The van der Waals surface area contributed by atoms with Crippen molar-refractivity contribution in [1.82, 2.24) is 0 Å². The van der Waals surface area contributed by atoms with Gasteiger partial charge in [-0.05, 0) is 36.4 Å². The molecule has 5 heteroatoms. The number of benzene rings is 2. The second-order valence-electron chi connectivity index (χ2n) is 3.33. The number of anilines is 1. The van der Waals surface area contributed by atoms with E-state index in [4.69, 9.17) is 0 Å². The zero-order valence-corrected chi connectivity index (χ0v) is 10.5. The monoisotopic (exact) mass is 291 g/mol. The molecule has 0 saturated heterocycles. The van der Waals surface area contributed by atoms with Crippen LogP contribution in [-0.2, 0) is 0 Å². The molecule has 0 radical (unpaired) electrons. The van der Waals surface area contributed by atoms with Gasteiger partial charge in [0, 0.05) is 4.47 Å². The van der Waals surface area contributed by atoms with E-state index in [9.17, 15) is 5.21 Å². The van der Waals surface area contributed by atoms with Crippen molar-refractivity contribution in [2.24, 2.45) is 5.22 Å². The van der Waals surface area contributed by atoms with Crippen molar-refractivity contribution in [2.45, 2.75) is 0 Å². The molecule has 2 rings (SSSR count). The predicted octanol–water partition coefficient (Wildman–Crippen LogP) is 4.07. The van der Waals surface area contributed by atoms with Gasteiger partial charge in [0.2, 0.25) is 0 Å². The van der Waals surface area contributed by atoms with Gasteiger partial charge in [0.15, 0.2) is 5.69 Å². The van der Waals surface area contributed by atoms with Crippen LogP contribution in [0.1, 0.15) is 0 Å². The fourth-order valence-corrected chi connectivity index (χ4v) is 1.51. The summed E-state index contributed by atoms with van der Waals surface area (Å²) in [5.41, 5.74) is 3.93. The maximum Gasteiger partial charge on any atom is 0.154 e. The van der Waals surface area contributed by atoms with Crippen molar-refractivity contribution in [1.29, 1.82) is 0 Å². The first-order valence-corrected chi connectivity index (χ1v) is 5.79. The zero-order chi connectivity index (χ0) is 12.1. The summed E-state index contributed by atoms with van der Waals surface area (Å²) in [6.45, 7) is 0. The lowest BCUT2D eigenvalue weighted by atomic mass is 10.3. The van der Waals surface area contributed by atoms with E-state index in [1.807, 2.05) is 30.3 Å². The Bertz CT molecular complexity index is 511. The molecular weight excluding hydrogens is 282 g/mol. The molecule has 0 aliphatic carbocycles. The lowest BCUT2D eigenvalue weighted by Gasteiger charge is -2.04. The molecule has 0 atom stereocenters. The van der Waals surface area contributed by atoms with Crippen LogP contribution in [0.4, 0.5) is 11.4 Å². The Hall–Kier alpha value is -1.88. The van der Waals surface area contributed by atoms with Gasteiger partial charge >= 0.3 is 0 Å². The molecule has 0 aromatic heterocycles. The standard InChI is InChI=1S/C12H10BrN3O/c13-10-6-8-11(9-7-10)14-15-16(17)12-4-2-1-3-5-12/h1-9,14H. The summed E-state index contributed by atoms with van der Waals surface area (Å²) in [6.07, 6.45) is 0. The van der Waals surface area contributed by atoms with Gasteiger partial charge in [0.1, 0.15) is 5.69 Å². The van der Waals surface area contributed by atoms with Gasteiger partial charge in [-0.2, -0.15) is 0 Å². The number of rotatable bonds is 3. The number of hydrogen-bond acceptors (Lipinski definition) is 2. The van der Waals surface area contributed by atoms with E-state index >= 15 is 0 Å². The molecule has 0 fully saturated rings. The average Bonchev–Trinajstić information content (AvgIpc) is 2.39. The Kier molecular flexibility index (Phi) is 3.72. The van der Waals surface area contributed by atoms with E-state index < -0.39 is 0 Å². The Morgan fingerprint density at radius 1 is 1.00 bits per heavy atom. The second-order valence-corrected chi connectivity index (χ2v) is 4.24. The van der Waals surface area contributed by atoms with Crippen LogP contribution in [0.25, 0.3) is 0 Å². The summed E-state index contributed by atoms with van der Waals surface area (Å²) in [7, 11) is 0. The number of halogens is 1. The van der Waals surface area contributed by atoms with Gasteiger partial charge < -0.3 is 5.21 Å². The van der Waals surface area contributed by atoms with E-state index in [0.29, 0.717) is 10.5 Å². The minimum Gasteiger partial charge on any atom is -0.691 e. The maximum atomic E-state index is 11.6. The Balaban J connectivity index is 2.08. The molecular formula is C12H10BrN3O. The quantitative estimate of drug-likeness (QED) is 0.526. The molecule has 0 aliphatic rings. The highest BCUT2D eigenvalue weighted by Crippen LogP contribution is 2.15. The summed E-state index contributed by atoms with van der Waals surface area (Å²) in [5.74, 6) is 0. The molecule has 0 bridgehead atoms. The highest BCUT2D eigenvalue weighted by atomic mass is 79.9. The Morgan fingerprint density at radius 2 is 1.65 bits per heavy atom. The smallest absolute Gasteiger partial charge is 0.154 e. The predicted molar refractivity (Wildman–Crippen MR) is 69.9 cm³/mol. The topological polar surface area (TPSA) is 50.5 Å². The first kappa shape index (κ1) is 11.6. The van der Waals surface area contributed by atoms with Gasteiger partial charge in [-0.1, -0.05) is 34.1 Å². The Morgan fingerprint density at radius 3 is 2.29 bits per heavy atom. The van der Waals surface area contributed by atoms with Crippen molar-refractivity contribution < 1.29 is 4.86 Å². The van der Waals surface area contributed by atoms with Crippen molar-refractivity contribution >= 4 is 27.3 Å². The van der Waals surface area contributed by atoms with Crippen LogP contribution in [0.15, 0.2) is 64.3 Å². The van der Waals surface area contributed by atoms with E-state index in [-0.39, 0.29) is 0 Å². The van der Waals surface area contributed by atoms with Gasteiger partial charge in [-0.25, -0.2) is 0 Å². The third-order valence-electron chi connectivity index (χ3n) is 2.09. The molecule has 2 aromatic carbocycles. The largest absolute Gasteiger partial charge is 0.691 e. The van der Waals surface area contributed by atoms with Crippen molar-refractivity contribution in [2.75, 3.05) is 5.43 Å². The van der Waals surface area contributed by atoms with Gasteiger partial charge in [0.05, 0.1) is 5.22 Å². The highest BCUT2D eigenvalue weighted by molar-refractivity contribution is 9.10. The third-order valence-corrected chi connectivity index (χ3v) is 2.62. The minimum absolute atomic E-state index is 0.483. The van der Waals surface area contributed by atoms with Crippen LogP contribution >= 0.6 is 15.9 Å². The normalized spacial score (nSPS) is 11.2. The molecule has 0 saturated carbocycles. The zero-order valence-electron chi connectivity index (χ0n) is 8.88. The molecule has 0 amide bonds. The van der Waals surface area contributed by atoms with Crippen molar-refractivity contribution in [3.63, 3.8) is 0 Å². The van der Waals surface area contributed by atoms with E-state index in [1.165, 1.54) is 0 Å². The van der Waals surface area contributed by atoms with E-state index in [0.717, 1.165) is 10.2 Å². The van der Waals surface area contributed by atoms with Crippen LogP contribution in [0.5, 0.6) is 0 Å². The molecule has 86 valence electrons. The first-order chi connectivity index (χ1) is 8.25. The molecule has 0 heterocycles. The lowest BCUT2D eigenvalue weighted by molar-refractivity contribution is -0.439. The number of nitrogens with one attached hydrogen (secondary N) is 1. The molecule has 0 spiro atoms. The van der Waals surface area contributed by atoms with E-state index in [2.05, 4.69) is 26.6 Å². The van der Waals surface area contributed by atoms with Crippen LogP contribution in [0.3, 0.4) is 0 Å². The van der Waals surface area contributed by atoms with Crippen LogP contribution in [0.2, 0.25) is 0 Å². The van der Waals surface area contributed by atoms with Gasteiger partial charge in [-0.3, -0.25) is 0 Å². The minimum atomic E-state index is 0.483. The fraction of sp³-hybridized carbons (Fsp3) is 0. The summed E-state index contributed by atoms with van der Waals surface area (Å²) in [6, 6.07) is 16.2. The van der Waals surface area contributed by atoms with Gasteiger partial charge in [0.25, 0.3) is 0 Å². The number of hydrogen-bond donors (Lipinski definition) is 1. The summed E-state index contributed by atoms with van der Waals surface area (Å²) in [4.78, 5) is 0.544. The average molecular weight is 292 g/mol. The molecule has 4 nitrogen and oxygen atoms in total. The summed E-state index contributed by atoms with van der Waals surface area (Å²) < 4.78 is 0.977. The van der Waals surface area contributed by atoms with Crippen LogP contribution in [-0.4, -0.2) is 4.86 Å². The molecule has 1 N–H and O–H groups in total. The molecule has 0 aliphatic heterocycles. The van der Waals surface area contributed by atoms with Gasteiger partial charge in [-0.15, -0.1) is 10.3 Å². The molecule has 17 heavy (non-hydrogen) atoms. The molecule has 0 unspecified atom stereocenters. The maximum absolute atomic E-state index is 11.6.